The zero-order valence-corrected chi connectivity index (χ0v) is 18.2. The average molecular weight is 460 g/mol. The normalized spacial score (nSPS) is 35.2. The first-order valence-corrected chi connectivity index (χ1v) is 11.6. The lowest BCUT2D eigenvalue weighted by Gasteiger charge is -2.35. The van der Waals surface area contributed by atoms with Gasteiger partial charge in [-0.2, -0.15) is 13.2 Å². The zero-order valence-electron chi connectivity index (χ0n) is 17.4. The van der Waals surface area contributed by atoms with E-state index >= 15 is 0 Å². The standard InChI is InChI=1S/C20H23F3N2O5S/c1-5-31(28,29)24-13-9-18(3)14-15(19(13,4)30-18)17(27)25(16(14)26)11-7-6-10(2)12(8-11)20(21,22)23/h6-8,13-15,24H,5,9H2,1-4H3/t13-,14-,15+,18-,19+/m1/s1. The zero-order chi connectivity index (χ0) is 23.1. The molecule has 1 N–H and O–H groups in total. The Morgan fingerprint density at radius 1 is 1.19 bits per heavy atom. The number of hydrogen-bond donors (Lipinski definition) is 1. The van der Waals surface area contributed by atoms with E-state index in [4.69, 9.17) is 4.74 Å². The molecule has 2 amide bonds. The Labute approximate surface area is 178 Å². The highest BCUT2D eigenvalue weighted by molar-refractivity contribution is 7.89. The second-order valence-electron chi connectivity index (χ2n) is 8.84. The fourth-order valence-corrected chi connectivity index (χ4v) is 6.24. The number of ether oxygens (including phenoxy) is 1. The Balaban J connectivity index is 1.74. The third-order valence-electron chi connectivity index (χ3n) is 6.82. The van der Waals surface area contributed by atoms with Gasteiger partial charge in [-0.25, -0.2) is 18.0 Å². The molecular weight excluding hydrogens is 437 g/mol. The van der Waals surface area contributed by atoms with Crippen LogP contribution >= 0.6 is 0 Å². The molecule has 3 aliphatic rings. The molecular formula is C20H23F3N2O5S. The van der Waals surface area contributed by atoms with Crippen LogP contribution in [-0.2, 0) is 30.5 Å². The summed E-state index contributed by atoms with van der Waals surface area (Å²) in [5.41, 5.74) is -3.50. The van der Waals surface area contributed by atoms with E-state index in [1.165, 1.54) is 26.0 Å². The number of hydrogen-bond acceptors (Lipinski definition) is 5. The average Bonchev–Trinajstić information content (AvgIpc) is 3.16. The number of anilines is 1. The predicted molar refractivity (Wildman–Crippen MR) is 105 cm³/mol. The Morgan fingerprint density at radius 2 is 1.81 bits per heavy atom. The van der Waals surface area contributed by atoms with Gasteiger partial charge in [-0.15, -0.1) is 0 Å². The molecule has 170 valence electrons. The van der Waals surface area contributed by atoms with Crippen molar-refractivity contribution in [3.8, 4) is 0 Å². The van der Waals surface area contributed by atoms with Crippen molar-refractivity contribution in [3.63, 3.8) is 0 Å². The van der Waals surface area contributed by atoms with Crippen LogP contribution < -0.4 is 9.62 Å². The quantitative estimate of drug-likeness (QED) is 0.697. The molecule has 3 fully saturated rings. The third-order valence-corrected chi connectivity index (χ3v) is 8.23. The van der Waals surface area contributed by atoms with Gasteiger partial charge in [0.15, 0.2) is 0 Å². The first kappa shape index (κ1) is 22.2. The largest absolute Gasteiger partial charge is 0.416 e. The van der Waals surface area contributed by atoms with Gasteiger partial charge in [0.2, 0.25) is 21.8 Å². The summed E-state index contributed by atoms with van der Waals surface area (Å²) in [6.45, 7) is 6.00. The van der Waals surface area contributed by atoms with Gasteiger partial charge >= 0.3 is 6.18 Å². The lowest BCUT2D eigenvalue weighted by molar-refractivity contribution is -0.138. The van der Waals surface area contributed by atoms with Crippen LogP contribution in [0.25, 0.3) is 0 Å². The number of nitrogens with one attached hydrogen (secondary N) is 1. The van der Waals surface area contributed by atoms with E-state index in [1.54, 1.807) is 13.8 Å². The lowest BCUT2D eigenvalue weighted by Crippen LogP contribution is -2.56. The number of alkyl halides is 3. The van der Waals surface area contributed by atoms with Crippen molar-refractivity contribution in [2.24, 2.45) is 11.8 Å². The summed E-state index contributed by atoms with van der Waals surface area (Å²) in [7, 11) is -3.61. The van der Waals surface area contributed by atoms with E-state index in [0.29, 0.717) is 0 Å². The van der Waals surface area contributed by atoms with Crippen molar-refractivity contribution >= 4 is 27.5 Å². The second kappa shape index (κ2) is 6.52. The first-order chi connectivity index (χ1) is 14.1. The Kier molecular flexibility index (Phi) is 4.67. The molecule has 2 bridgehead atoms. The van der Waals surface area contributed by atoms with E-state index in [0.717, 1.165) is 11.0 Å². The number of benzene rings is 1. The highest BCUT2D eigenvalue weighted by Crippen LogP contribution is 2.61. The third kappa shape index (κ3) is 3.12. The van der Waals surface area contributed by atoms with Crippen LogP contribution in [0.15, 0.2) is 18.2 Å². The van der Waals surface area contributed by atoms with Gasteiger partial charge in [0, 0.05) is 0 Å². The van der Waals surface area contributed by atoms with Crippen molar-refractivity contribution in [1.82, 2.24) is 4.72 Å². The van der Waals surface area contributed by atoms with Crippen molar-refractivity contribution in [1.29, 1.82) is 0 Å². The number of halogens is 3. The number of carbonyl (C=O) groups is 2. The lowest BCUT2D eigenvalue weighted by atomic mass is 9.67. The Hall–Kier alpha value is -1.98. The number of carbonyl (C=O) groups excluding carboxylic acids is 2. The van der Waals surface area contributed by atoms with E-state index in [9.17, 15) is 31.2 Å². The molecule has 1 aromatic rings. The molecule has 0 spiro atoms. The maximum atomic E-state index is 13.4. The molecule has 0 aliphatic carbocycles. The van der Waals surface area contributed by atoms with Crippen molar-refractivity contribution in [2.75, 3.05) is 10.7 Å². The summed E-state index contributed by atoms with van der Waals surface area (Å²) in [5, 5.41) is 0. The maximum Gasteiger partial charge on any atom is 0.416 e. The van der Waals surface area contributed by atoms with Gasteiger partial charge in [0.25, 0.3) is 0 Å². The van der Waals surface area contributed by atoms with Crippen LogP contribution in [0, 0.1) is 18.8 Å². The summed E-state index contributed by atoms with van der Waals surface area (Å²) >= 11 is 0. The van der Waals surface area contributed by atoms with Crippen molar-refractivity contribution in [3.05, 3.63) is 29.3 Å². The number of rotatable bonds is 4. The number of imide groups is 1. The van der Waals surface area contributed by atoms with E-state index in [-0.39, 0.29) is 23.4 Å². The smallest absolute Gasteiger partial charge is 0.366 e. The van der Waals surface area contributed by atoms with Gasteiger partial charge in [-0.3, -0.25) is 9.59 Å². The minimum absolute atomic E-state index is 0.0214. The van der Waals surface area contributed by atoms with Crippen molar-refractivity contribution in [2.45, 2.75) is 57.5 Å². The SMILES string of the molecule is CCS(=O)(=O)N[C@@H]1C[C@@]2(C)O[C@]1(C)[C@@H]1C(=O)N(c3ccc(C)c(C(F)(F)F)c3)C(=O)[C@@H]12. The van der Waals surface area contributed by atoms with Crippen LogP contribution in [0.2, 0.25) is 0 Å². The minimum atomic E-state index is -4.63. The van der Waals surface area contributed by atoms with Gasteiger partial charge in [-0.05, 0) is 51.8 Å². The number of nitrogens with zero attached hydrogens (tertiary/aromatic N) is 1. The summed E-state index contributed by atoms with van der Waals surface area (Å²) in [6, 6.07) is 2.60. The molecule has 7 nitrogen and oxygen atoms in total. The molecule has 3 saturated heterocycles. The Bertz CT molecular complexity index is 1090. The second-order valence-corrected chi connectivity index (χ2v) is 10.9. The molecule has 31 heavy (non-hydrogen) atoms. The van der Waals surface area contributed by atoms with E-state index in [2.05, 4.69) is 4.72 Å². The molecule has 0 aromatic heterocycles. The molecule has 3 aliphatic heterocycles. The maximum absolute atomic E-state index is 13.4. The Morgan fingerprint density at radius 3 is 2.39 bits per heavy atom. The van der Waals surface area contributed by atoms with Crippen LogP contribution in [0.3, 0.4) is 0 Å². The molecule has 0 saturated carbocycles. The number of fused-ring (bicyclic) bond motifs is 5. The fourth-order valence-electron chi connectivity index (χ4n) is 5.32. The molecule has 0 radical (unpaired) electrons. The minimum Gasteiger partial charge on any atom is -0.366 e. The first-order valence-electron chi connectivity index (χ1n) is 9.90. The molecule has 4 rings (SSSR count). The van der Waals surface area contributed by atoms with Crippen LogP contribution in [0.4, 0.5) is 18.9 Å². The summed E-state index contributed by atoms with van der Waals surface area (Å²) in [4.78, 5) is 27.4. The predicted octanol–water partition coefficient (Wildman–Crippen LogP) is 2.38. The van der Waals surface area contributed by atoms with Gasteiger partial charge in [0.1, 0.15) is 0 Å². The topological polar surface area (TPSA) is 92.8 Å². The molecule has 1 aromatic carbocycles. The molecule has 5 atom stereocenters. The number of amides is 2. The van der Waals surface area contributed by atoms with Gasteiger partial charge in [-0.1, -0.05) is 6.07 Å². The van der Waals surface area contributed by atoms with Crippen LogP contribution in [-0.4, -0.2) is 43.2 Å². The molecule has 0 unspecified atom stereocenters. The summed E-state index contributed by atoms with van der Waals surface area (Å²) in [5.74, 6) is -3.37. The van der Waals surface area contributed by atoms with Gasteiger partial charge < -0.3 is 4.74 Å². The summed E-state index contributed by atoms with van der Waals surface area (Å²) in [6.07, 6.45) is -4.45. The van der Waals surface area contributed by atoms with E-state index in [1.807, 2.05) is 0 Å². The highest BCUT2D eigenvalue weighted by Gasteiger charge is 2.76. The highest BCUT2D eigenvalue weighted by atomic mass is 32.2. The monoisotopic (exact) mass is 460 g/mol. The van der Waals surface area contributed by atoms with Gasteiger partial charge in [0.05, 0.1) is 46.1 Å². The van der Waals surface area contributed by atoms with Crippen molar-refractivity contribution < 1.29 is 35.9 Å². The van der Waals surface area contributed by atoms with Crippen LogP contribution in [0.1, 0.15) is 38.3 Å². The number of aryl methyl sites for hydroxylation is 1. The molecule has 11 heteroatoms. The summed E-state index contributed by atoms with van der Waals surface area (Å²) < 4.78 is 73.0. The fraction of sp³-hybridized carbons (Fsp3) is 0.600. The van der Waals surface area contributed by atoms with Crippen LogP contribution in [0.5, 0.6) is 0 Å². The molecule has 3 heterocycles. The van der Waals surface area contributed by atoms with E-state index < -0.39 is 62.7 Å². The number of sulfonamides is 1.